The second-order valence-electron chi connectivity index (χ2n) is 5.13. The van der Waals surface area contributed by atoms with E-state index < -0.39 is 0 Å². The van der Waals surface area contributed by atoms with Gasteiger partial charge in [0.15, 0.2) is 5.75 Å². The first-order valence-electron chi connectivity index (χ1n) is 6.79. The predicted octanol–water partition coefficient (Wildman–Crippen LogP) is 4.40. The van der Waals surface area contributed by atoms with Crippen LogP contribution in [0.3, 0.4) is 0 Å². The van der Waals surface area contributed by atoms with E-state index >= 15 is 0 Å². The van der Waals surface area contributed by atoms with Crippen LogP contribution in [0, 0.1) is 5.92 Å². The minimum Gasteiger partial charge on any atom is -0.505 e. The van der Waals surface area contributed by atoms with Crippen molar-refractivity contribution >= 4 is 34.9 Å². The first-order chi connectivity index (χ1) is 9.56. The highest BCUT2D eigenvalue weighted by Gasteiger charge is 2.14. The molecule has 0 unspecified atom stereocenters. The molecule has 0 radical (unpaired) electrons. The number of benzene rings is 1. The summed E-state index contributed by atoms with van der Waals surface area (Å²) in [6.45, 7) is 0.686. The van der Waals surface area contributed by atoms with Crippen molar-refractivity contribution in [2.24, 2.45) is 5.92 Å². The van der Waals surface area contributed by atoms with E-state index in [1.54, 1.807) is 0 Å². The maximum atomic E-state index is 11.8. The van der Waals surface area contributed by atoms with E-state index in [-0.39, 0.29) is 21.8 Å². The number of amides is 2. The van der Waals surface area contributed by atoms with E-state index in [0.717, 1.165) is 0 Å². The molecule has 1 saturated carbocycles. The number of rotatable bonds is 3. The largest absolute Gasteiger partial charge is 0.505 e. The number of anilines is 1. The number of hydrogen-bond donors (Lipinski definition) is 3. The Kier molecular flexibility index (Phi) is 5.38. The van der Waals surface area contributed by atoms with E-state index in [1.807, 2.05) is 0 Å². The quantitative estimate of drug-likeness (QED) is 0.724. The summed E-state index contributed by atoms with van der Waals surface area (Å²) in [6.07, 6.45) is 6.15. The summed E-state index contributed by atoms with van der Waals surface area (Å²) < 4.78 is 0. The van der Waals surface area contributed by atoms with Crippen LogP contribution in [-0.4, -0.2) is 17.7 Å². The topological polar surface area (TPSA) is 61.4 Å². The molecule has 2 rings (SSSR count). The van der Waals surface area contributed by atoms with Crippen LogP contribution in [0.25, 0.3) is 0 Å². The Balaban J connectivity index is 1.84. The van der Waals surface area contributed by atoms with Crippen molar-refractivity contribution in [2.75, 3.05) is 11.9 Å². The van der Waals surface area contributed by atoms with Crippen molar-refractivity contribution in [2.45, 2.75) is 32.1 Å². The molecule has 4 nitrogen and oxygen atoms in total. The van der Waals surface area contributed by atoms with Crippen LogP contribution in [0.15, 0.2) is 12.1 Å². The van der Waals surface area contributed by atoms with Crippen molar-refractivity contribution in [3.8, 4) is 5.75 Å². The molecular formula is C14H18Cl2N2O2. The highest BCUT2D eigenvalue weighted by Crippen LogP contribution is 2.34. The maximum Gasteiger partial charge on any atom is 0.319 e. The molecule has 3 N–H and O–H groups in total. The lowest BCUT2D eigenvalue weighted by Gasteiger charge is -2.21. The van der Waals surface area contributed by atoms with Crippen molar-refractivity contribution < 1.29 is 9.90 Å². The average Bonchev–Trinajstić information content (AvgIpc) is 2.43. The van der Waals surface area contributed by atoms with Crippen LogP contribution in [0.1, 0.15) is 32.1 Å². The summed E-state index contributed by atoms with van der Waals surface area (Å²) in [5.41, 5.74) is 0.457. The van der Waals surface area contributed by atoms with Gasteiger partial charge in [-0.2, -0.15) is 0 Å². The summed E-state index contributed by atoms with van der Waals surface area (Å²) in [4.78, 5) is 11.8. The number of aromatic hydroxyl groups is 1. The first kappa shape index (κ1) is 15.3. The number of nitrogens with one attached hydrogen (secondary N) is 2. The molecule has 0 atom stereocenters. The van der Waals surface area contributed by atoms with Gasteiger partial charge in [-0.25, -0.2) is 4.79 Å². The molecule has 0 aliphatic heterocycles. The van der Waals surface area contributed by atoms with Crippen molar-refractivity contribution in [3.63, 3.8) is 0 Å². The Hall–Kier alpha value is -1.13. The molecule has 0 saturated heterocycles. The molecule has 1 aliphatic carbocycles. The lowest BCUT2D eigenvalue weighted by atomic mass is 9.89. The summed E-state index contributed by atoms with van der Waals surface area (Å²) in [6, 6.07) is 2.64. The third kappa shape index (κ3) is 4.18. The number of halogens is 2. The van der Waals surface area contributed by atoms with Gasteiger partial charge < -0.3 is 15.7 Å². The van der Waals surface area contributed by atoms with Crippen molar-refractivity contribution in [1.82, 2.24) is 5.32 Å². The van der Waals surface area contributed by atoms with E-state index in [0.29, 0.717) is 18.2 Å². The fourth-order valence-electron chi connectivity index (χ4n) is 2.44. The highest BCUT2D eigenvalue weighted by atomic mass is 35.5. The van der Waals surface area contributed by atoms with Gasteiger partial charge in [-0.05, 0) is 30.9 Å². The molecule has 1 aliphatic rings. The number of carbonyl (C=O) groups excluding carboxylic acids is 1. The van der Waals surface area contributed by atoms with Crippen molar-refractivity contribution in [1.29, 1.82) is 0 Å². The fourth-order valence-corrected chi connectivity index (χ4v) is 2.93. The number of phenols is 1. The van der Waals surface area contributed by atoms with Crippen LogP contribution in [0.4, 0.5) is 10.5 Å². The number of phenolic OH excluding ortho intramolecular Hbond substituents is 1. The Labute approximate surface area is 128 Å². The molecule has 1 aromatic rings. The zero-order valence-electron chi connectivity index (χ0n) is 11.1. The van der Waals surface area contributed by atoms with E-state index in [9.17, 15) is 9.90 Å². The van der Waals surface area contributed by atoms with Crippen molar-refractivity contribution in [3.05, 3.63) is 22.2 Å². The zero-order valence-corrected chi connectivity index (χ0v) is 12.6. The normalized spacial score (nSPS) is 15.9. The molecule has 1 aromatic carbocycles. The molecule has 20 heavy (non-hydrogen) atoms. The van der Waals surface area contributed by atoms with Gasteiger partial charge in [-0.15, -0.1) is 0 Å². The monoisotopic (exact) mass is 316 g/mol. The molecule has 2 amide bonds. The number of carbonyl (C=O) groups is 1. The maximum absolute atomic E-state index is 11.8. The third-order valence-electron chi connectivity index (χ3n) is 3.55. The molecule has 0 heterocycles. The third-order valence-corrected chi connectivity index (χ3v) is 4.13. The van der Waals surface area contributed by atoms with Crippen LogP contribution in [-0.2, 0) is 0 Å². The molecular weight excluding hydrogens is 299 g/mol. The van der Waals surface area contributed by atoms with Gasteiger partial charge in [-0.1, -0.05) is 42.5 Å². The molecule has 1 fully saturated rings. The summed E-state index contributed by atoms with van der Waals surface area (Å²) in [7, 11) is 0. The second-order valence-corrected chi connectivity index (χ2v) is 5.94. The smallest absolute Gasteiger partial charge is 0.319 e. The van der Waals surface area contributed by atoms with Gasteiger partial charge in [0.2, 0.25) is 0 Å². The van der Waals surface area contributed by atoms with E-state index in [1.165, 1.54) is 44.2 Å². The van der Waals surface area contributed by atoms with Gasteiger partial charge in [0, 0.05) is 12.2 Å². The standard InChI is InChI=1S/C14H18Cl2N2O2/c15-11-6-10(7-12(16)13(11)19)18-14(20)17-8-9-4-2-1-3-5-9/h6-7,9,19H,1-5,8H2,(H2,17,18,20). The summed E-state index contributed by atoms with van der Waals surface area (Å²) >= 11 is 11.6. The highest BCUT2D eigenvalue weighted by molar-refractivity contribution is 6.37. The summed E-state index contributed by atoms with van der Waals surface area (Å²) in [5.74, 6) is 0.392. The second kappa shape index (κ2) is 7.04. The summed E-state index contributed by atoms with van der Waals surface area (Å²) in [5, 5.41) is 15.2. The Morgan fingerprint density at radius 1 is 1.20 bits per heavy atom. The van der Waals surface area contributed by atoms with E-state index in [4.69, 9.17) is 23.2 Å². The van der Waals surface area contributed by atoms with Crippen LogP contribution in [0.5, 0.6) is 5.75 Å². The van der Waals surface area contributed by atoms with Crippen LogP contribution in [0.2, 0.25) is 10.0 Å². The van der Waals surface area contributed by atoms with Gasteiger partial charge in [-0.3, -0.25) is 0 Å². The zero-order chi connectivity index (χ0) is 14.5. The lowest BCUT2D eigenvalue weighted by molar-refractivity contribution is 0.247. The predicted molar refractivity (Wildman–Crippen MR) is 81.7 cm³/mol. The van der Waals surface area contributed by atoms with Crippen LogP contribution >= 0.6 is 23.2 Å². The SMILES string of the molecule is O=C(NCC1CCCCC1)Nc1cc(Cl)c(O)c(Cl)c1. The number of urea groups is 1. The molecule has 6 heteroatoms. The van der Waals surface area contributed by atoms with Crippen LogP contribution < -0.4 is 10.6 Å². The Bertz CT molecular complexity index is 465. The first-order valence-corrected chi connectivity index (χ1v) is 7.54. The van der Waals surface area contributed by atoms with Gasteiger partial charge in [0.05, 0.1) is 10.0 Å². The molecule has 0 aromatic heterocycles. The van der Waals surface area contributed by atoms with Gasteiger partial charge >= 0.3 is 6.03 Å². The lowest BCUT2D eigenvalue weighted by Crippen LogP contribution is -2.33. The Morgan fingerprint density at radius 3 is 2.40 bits per heavy atom. The van der Waals surface area contributed by atoms with Gasteiger partial charge in [0.1, 0.15) is 0 Å². The minimum atomic E-state index is -0.284. The molecule has 0 bridgehead atoms. The average molecular weight is 317 g/mol. The molecule has 0 spiro atoms. The van der Waals surface area contributed by atoms with E-state index in [2.05, 4.69) is 10.6 Å². The minimum absolute atomic E-state index is 0.111. The Morgan fingerprint density at radius 2 is 1.80 bits per heavy atom. The fraction of sp³-hybridized carbons (Fsp3) is 0.500. The molecule has 110 valence electrons. The number of hydrogen-bond acceptors (Lipinski definition) is 2. The van der Waals surface area contributed by atoms with Gasteiger partial charge in [0.25, 0.3) is 0 Å².